The molecule has 23 heavy (non-hydrogen) atoms. The van der Waals surface area contributed by atoms with Crippen LogP contribution < -0.4 is 9.64 Å². The van der Waals surface area contributed by atoms with Gasteiger partial charge in [-0.3, -0.25) is 0 Å². The zero-order valence-electron chi connectivity index (χ0n) is 12.1. The van der Waals surface area contributed by atoms with Crippen LogP contribution in [0.1, 0.15) is 16.8 Å². The zero-order valence-corrected chi connectivity index (χ0v) is 12.8. The highest BCUT2D eigenvalue weighted by molar-refractivity contribution is 6.33. The molecule has 1 aliphatic heterocycles. The maximum absolute atomic E-state index is 12.7. The largest absolute Gasteiger partial charge is 0.481 e. The quantitative estimate of drug-likeness (QED) is 0.838. The number of fused-ring (bicyclic) bond motifs is 1. The van der Waals surface area contributed by atoms with Gasteiger partial charge in [-0.15, -0.1) is 0 Å². The Bertz CT molecular complexity index is 724. The van der Waals surface area contributed by atoms with E-state index >= 15 is 0 Å². The summed E-state index contributed by atoms with van der Waals surface area (Å²) in [5.74, 6) is 0.749. The SMILES string of the molecule is COc1ncnc2c1CN(c1ncc(C(F)(F)F)cc1Cl)CC2. The van der Waals surface area contributed by atoms with Gasteiger partial charge in [0.25, 0.3) is 0 Å². The van der Waals surface area contributed by atoms with Crippen LogP contribution >= 0.6 is 11.6 Å². The van der Waals surface area contributed by atoms with Gasteiger partial charge >= 0.3 is 6.18 Å². The Morgan fingerprint density at radius 1 is 1.26 bits per heavy atom. The highest BCUT2D eigenvalue weighted by atomic mass is 35.5. The molecule has 0 spiro atoms. The maximum atomic E-state index is 12.7. The standard InChI is InChI=1S/C14H12ClF3N4O/c1-23-13-9-6-22(3-2-11(9)20-7-21-13)12-10(15)4-8(5-19-12)14(16,17)18/h4-5,7H,2-3,6H2,1H3. The van der Waals surface area contributed by atoms with Crippen molar-refractivity contribution in [2.75, 3.05) is 18.6 Å². The van der Waals surface area contributed by atoms with E-state index in [4.69, 9.17) is 16.3 Å². The summed E-state index contributed by atoms with van der Waals surface area (Å²) in [5.41, 5.74) is 0.778. The van der Waals surface area contributed by atoms with Crippen molar-refractivity contribution >= 4 is 17.4 Å². The number of anilines is 1. The smallest absolute Gasteiger partial charge is 0.417 e. The van der Waals surface area contributed by atoms with Gasteiger partial charge in [0.2, 0.25) is 5.88 Å². The highest BCUT2D eigenvalue weighted by Crippen LogP contribution is 2.35. The second kappa shape index (κ2) is 5.84. The third-order valence-electron chi connectivity index (χ3n) is 3.60. The first kappa shape index (κ1) is 15.8. The van der Waals surface area contributed by atoms with Gasteiger partial charge < -0.3 is 9.64 Å². The lowest BCUT2D eigenvalue weighted by Crippen LogP contribution is -2.32. The molecule has 0 aliphatic carbocycles. The Balaban J connectivity index is 1.92. The number of nitrogens with zero attached hydrogens (tertiary/aromatic N) is 4. The van der Waals surface area contributed by atoms with Crippen molar-refractivity contribution in [1.82, 2.24) is 15.0 Å². The van der Waals surface area contributed by atoms with Crippen LogP contribution in [0.5, 0.6) is 5.88 Å². The van der Waals surface area contributed by atoms with Crippen LogP contribution in [0.4, 0.5) is 19.0 Å². The lowest BCUT2D eigenvalue weighted by atomic mass is 10.1. The molecule has 0 amide bonds. The van der Waals surface area contributed by atoms with E-state index in [0.717, 1.165) is 23.5 Å². The molecule has 122 valence electrons. The van der Waals surface area contributed by atoms with Gasteiger partial charge in [0.05, 0.1) is 35.5 Å². The fourth-order valence-corrected chi connectivity index (χ4v) is 2.78. The van der Waals surface area contributed by atoms with Gasteiger partial charge in [-0.1, -0.05) is 11.6 Å². The second-order valence-electron chi connectivity index (χ2n) is 5.01. The van der Waals surface area contributed by atoms with E-state index in [-0.39, 0.29) is 5.02 Å². The predicted octanol–water partition coefficient (Wildman–Crippen LogP) is 3.12. The number of methoxy groups -OCH3 is 1. The summed E-state index contributed by atoms with van der Waals surface area (Å²) in [5, 5.41) is -0.0425. The summed E-state index contributed by atoms with van der Waals surface area (Å²) in [6, 6.07) is 0.887. The molecule has 5 nitrogen and oxygen atoms in total. The summed E-state index contributed by atoms with van der Waals surface area (Å²) in [6.45, 7) is 0.919. The molecule has 0 bridgehead atoms. The van der Waals surface area contributed by atoms with E-state index in [2.05, 4.69) is 15.0 Å². The van der Waals surface area contributed by atoms with Gasteiger partial charge in [-0.25, -0.2) is 15.0 Å². The fourth-order valence-electron chi connectivity index (χ4n) is 2.49. The summed E-state index contributed by atoms with van der Waals surface area (Å²) >= 11 is 6.00. The molecule has 0 radical (unpaired) electrons. The average Bonchev–Trinajstić information content (AvgIpc) is 2.53. The number of aromatic nitrogens is 3. The number of alkyl halides is 3. The van der Waals surface area contributed by atoms with Crippen LogP contribution in [0.25, 0.3) is 0 Å². The van der Waals surface area contributed by atoms with Crippen LogP contribution in [0, 0.1) is 0 Å². The highest BCUT2D eigenvalue weighted by Gasteiger charge is 2.32. The Kier molecular flexibility index (Phi) is 4.01. The molecule has 2 aromatic heterocycles. The first-order valence-corrected chi connectivity index (χ1v) is 7.12. The van der Waals surface area contributed by atoms with Gasteiger partial charge in [-0.2, -0.15) is 13.2 Å². The molecule has 0 unspecified atom stereocenters. The number of hydrogen-bond donors (Lipinski definition) is 0. The van der Waals surface area contributed by atoms with Crippen LogP contribution in [0.15, 0.2) is 18.6 Å². The van der Waals surface area contributed by atoms with E-state index in [1.54, 1.807) is 4.90 Å². The number of halogens is 4. The molecule has 3 heterocycles. The molecule has 1 aliphatic rings. The molecule has 0 atom stereocenters. The molecule has 0 N–H and O–H groups in total. The van der Waals surface area contributed by atoms with Crippen molar-refractivity contribution in [1.29, 1.82) is 0 Å². The van der Waals surface area contributed by atoms with Gasteiger partial charge in [0.1, 0.15) is 12.1 Å². The number of ether oxygens (including phenoxy) is 1. The van der Waals surface area contributed by atoms with E-state index in [1.807, 2.05) is 0 Å². The Labute approximate surface area is 135 Å². The summed E-state index contributed by atoms with van der Waals surface area (Å²) in [4.78, 5) is 13.9. The Morgan fingerprint density at radius 2 is 2.04 bits per heavy atom. The normalized spacial score (nSPS) is 14.6. The van der Waals surface area contributed by atoms with Crippen LogP contribution in [-0.4, -0.2) is 28.6 Å². The Morgan fingerprint density at radius 3 is 2.70 bits per heavy atom. The lowest BCUT2D eigenvalue weighted by Gasteiger charge is -2.30. The fraction of sp³-hybridized carbons (Fsp3) is 0.357. The zero-order chi connectivity index (χ0) is 16.6. The number of rotatable bonds is 2. The lowest BCUT2D eigenvalue weighted by molar-refractivity contribution is -0.137. The molecule has 0 fully saturated rings. The minimum Gasteiger partial charge on any atom is -0.481 e. The van der Waals surface area contributed by atoms with E-state index in [1.165, 1.54) is 13.4 Å². The average molecular weight is 345 g/mol. The molecule has 0 saturated heterocycles. The number of hydrogen-bond acceptors (Lipinski definition) is 5. The van der Waals surface area contributed by atoms with E-state index < -0.39 is 11.7 Å². The number of pyridine rings is 1. The first-order chi connectivity index (χ1) is 10.9. The Hall–Kier alpha value is -2.09. The van der Waals surface area contributed by atoms with Crippen molar-refractivity contribution < 1.29 is 17.9 Å². The van der Waals surface area contributed by atoms with Crippen LogP contribution in [0.2, 0.25) is 5.02 Å². The molecule has 2 aromatic rings. The molecular weight excluding hydrogens is 333 g/mol. The van der Waals surface area contributed by atoms with Crippen molar-refractivity contribution in [3.05, 3.63) is 40.4 Å². The summed E-state index contributed by atoms with van der Waals surface area (Å²) < 4.78 is 43.3. The topological polar surface area (TPSA) is 51.1 Å². The maximum Gasteiger partial charge on any atom is 0.417 e. The van der Waals surface area contributed by atoms with Gasteiger partial charge in [-0.05, 0) is 6.07 Å². The van der Waals surface area contributed by atoms with Crippen LogP contribution in [-0.2, 0) is 19.1 Å². The van der Waals surface area contributed by atoms with Crippen molar-refractivity contribution in [2.45, 2.75) is 19.1 Å². The minimum absolute atomic E-state index is 0.0425. The minimum atomic E-state index is -4.47. The van der Waals surface area contributed by atoms with Crippen molar-refractivity contribution in [2.24, 2.45) is 0 Å². The monoisotopic (exact) mass is 344 g/mol. The first-order valence-electron chi connectivity index (χ1n) is 6.74. The summed E-state index contributed by atoms with van der Waals surface area (Å²) in [6.07, 6.45) is -1.65. The van der Waals surface area contributed by atoms with Crippen molar-refractivity contribution in [3.8, 4) is 5.88 Å². The third-order valence-corrected chi connectivity index (χ3v) is 3.88. The van der Waals surface area contributed by atoms with E-state index in [9.17, 15) is 13.2 Å². The van der Waals surface area contributed by atoms with Crippen molar-refractivity contribution in [3.63, 3.8) is 0 Å². The van der Waals surface area contributed by atoms with Crippen LogP contribution in [0.3, 0.4) is 0 Å². The predicted molar refractivity (Wildman–Crippen MR) is 77.6 cm³/mol. The molecule has 0 saturated carbocycles. The molecule has 3 rings (SSSR count). The third kappa shape index (κ3) is 3.03. The second-order valence-corrected chi connectivity index (χ2v) is 5.41. The molecule has 9 heteroatoms. The molecule has 0 aromatic carbocycles. The summed E-state index contributed by atoms with van der Waals surface area (Å²) in [7, 11) is 1.50. The van der Waals surface area contributed by atoms with Gasteiger partial charge in [0.15, 0.2) is 0 Å². The van der Waals surface area contributed by atoms with Gasteiger partial charge in [0, 0.05) is 19.2 Å². The van der Waals surface area contributed by atoms with E-state index in [0.29, 0.717) is 31.2 Å². The molecular formula is C14H12ClF3N4O.